The minimum atomic E-state index is -0.117. The Morgan fingerprint density at radius 2 is 0.656 bits per heavy atom. The monoisotopic (exact) mass is 824 g/mol. The molecule has 0 atom stereocenters. The lowest BCUT2D eigenvalue weighted by atomic mass is 9.82. The van der Waals surface area contributed by atoms with Crippen LogP contribution in [0.15, 0.2) is 195 Å². The van der Waals surface area contributed by atoms with E-state index in [-0.39, 0.29) is 10.8 Å². The molecule has 2 aliphatic carbocycles. The molecule has 9 aromatic carbocycles. The molecule has 2 aliphatic rings. The third-order valence-electron chi connectivity index (χ3n) is 14.1. The van der Waals surface area contributed by atoms with E-state index in [1.807, 2.05) is 0 Å². The summed E-state index contributed by atoms with van der Waals surface area (Å²) in [7, 11) is 0. The molecular weight excluding hydrogens is 773 g/mol. The second-order valence-corrected chi connectivity index (χ2v) is 18.9. The molecule has 0 amide bonds. The van der Waals surface area contributed by atoms with Crippen molar-refractivity contribution in [3.63, 3.8) is 0 Å². The number of anilines is 6. The lowest BCUT2D eigenvalue weighted by Gasteiger charge is -2.29. The highest BCUT2D eigenvalue weighted by Crippen LogP contribution is 2.53. The minimum absolute atomic E-state index is 0.117. The van der Waals surface area contributed by atoms with Crippen LogP contribution >= 0.6 is 0 Å². The van der Waals surface area contributed by atoms with E-state index < -0.39 is 0 Å². The van der Waals surface area contributed by atoms with E-state index in [0.29, 0.717) is 0 Å². The molecule has 0 bridgehead atoms. The number of allylic oxidation sites excluding steroid dienone is 2. The van der Waals surface area contributed by atoms with Crippen molar-refractivity contribution in [1.29, 1.82) is 0 Å². The molecule has 0 aliphatic heterocycles. The van der Waals surface area contributed by atoms with Crippen LogP contribution in [0.3, 0.4) is 0 Å². The van der Waals surface area contributed by atoms with E-state index in [4.69, 9.17) is 0 Å². The van der Waals surface area contributed by atoms with E-state index in [1.165, 1.54) is 66.1 Å². The molecular formula is C62H52N2. The van der Waals surface area contributed by atoms with Crippen molar-refractivity contribution >= 4 is 66.8 Å². The summed E-state index contributed by atoms with van der Waals surface area (Å²) in [5.74, 6) is 0. The van der Waals surface area contributed by atoms with Crippen LogP contribution in [0.5, 0.6) is 0 Å². The zero-order valence-electron chi connectivity index (χ0n) is 37.6. The largest absolute Gasteiger partial charge is 0.310 e. The lowest BCUT2D eigenvalue weighted by Crippen LogP contribution is -2.16. The smallest absolute Gasteiger partial charge is 0.0468 e. The average Bonchev–Trinajstić information content (AvgIpc) is 3.67. The minimum Gasteiger partial charge on any atom is -0.310 e. The van der Waals surface area contributed by atoms with Gasteiger partial charge in [-0.1, -0.05) is 150 Å². The van der Waals surface area contributed by atoms with Crippen LogP contribution in [-0.2, 0) is 10.8 Å². The van der Waals surface area contributed by atoms with E-state index in [2.05, 4.69) is 246 Å². The predicted octanol–water partition coefficient (Wildman–Crippen LogP) is 17.6. The number of rotatable bonds is 8. The van der Waals surface area contributed by atoms with Gasteiger partial charge in [0.05, 0.1) is 0 Å². The van der Waals surface area contributed by atoms with Crippen molar-refractivity contribution in [2.24, 2.45) is 0 Å². The molecule has 0 spiro atoms. The number of benzene rings is 9. The Kier molecular flexibility index (Phi) is 8.98. The Bertz CT molecular complexity index is 3160. The van der Waals surface area contributed by atoms with E-state index in [0.717, 1.165) is 56.4 Å². The molecule has 11 rings (SSSR count). The average molecular weight is 825 g/mol. The number of hydrogen-bond acceptors (Lipinski definition) is 2. The molecule has 2 heteroatoms. The van der Waals surface area contributed by atoms with Gasteiger partial charge in [0, 0.05) is 45.0 Å². The maximum atomic E-state index is 4.64. The number of fused-ring (bicyclic) bond motifs is 8. The molecule has 64 heavy (non-hydrogen) atoms. The van der Waals surface area contributed by atoms with Gasteiger partial charge in [-0.3, -0.25) is 0 Å². The van der Waals surface area contributed by atoms with Gasteiger partial charge in [-0.05, 0) is 175 Å². The standard InChI is InChI=1S/C62H52N2/c1-39(2)59-51-33-29-44(64(42-21-13-10-14-22-42)46-28-32-50-48-24-16-18-26-56(48)62(7,8)58(50)38-46)36-54(51)60(40(3)4)52-34-30-43(35-53(52)59)63(41-19-11-9-12-20-41)45-27-31-49-47-23-15-17-25-55(47)61(5,6)57(49)37-45/h9-38H,1,3H2,2,4-8H3. The summed E-state index contributed by atoms with van der Waals surface area (Å²) in [6.07, 6.45) is 0. The summed E-state index contributed by atoms with van der Waals surface area (Å²) in [5, 5.41) is 4.67. The van der Waals surface area contributed by atoms with Gasteiger partial charge in [0.15, 0.2) is 0 Å². The molecule has 0 heterocycles. The van der Waals surface area contributed by atoms with Crippen LogP contribution < -0.4 is 9.80 Å². The molecule has 0 saturated heterocycles. The molecule has 9 aromatic rings. The molecule has 0 saturated carbocycles. The SMILES string of the molecule is C=C(C)c1c2ccc(N(c3ccccc3)c3ccc4c(c3)C(C)(C)c3ccccc3-4)cc2c(C(=C)C)c2ccc(N(c3ccccc3)c3ccc4c(c3)C(C)(C)c3ccccc3-4)cc12. The van der Waals surface area contributed by atoms with Crippen molar-refractivity contribution in [2.75, 3.05) is 9.80 Å². The Morgan fingerprint density at radius 1 is 0.328 bits per heavy atom. The van der Waals surface area contributed by atoms with E-state index >= 15 is 0 Å². The van der Waals surface area contributed by atoms with Gasteiger partial charge in [0.2, 0.25) is 0 Å². The fourth-order valence-electron chi connectivity index (χ4n) is 11.1. The Hall–Kier alpha value is -7.42. The first-order valence-electron chi connectivity index (χ1n) is 22.5. The highest BCUT2D eigenvalue weighted by molar-refractivity contribution is 6.17. The maximum Gasteiger partial charge on any atom is 0.0468 e. The topological polar surface area (TPSA) is 6.48 Å². The third kappa shape index (κ3) is 5.93. The Labute approximate surface area is 378 Å². The molecule has 0 radical (unpaired) electrons. The highest BCUT2D eigenvalue weighted by atomic mass is 15.1. The summed E-state index contributed by atoms with van der Waals surface area (Å²) in [4.78, 5) is 4.81. The van der Waals surface area contributed by atoms with Gasteiger partial charge >= 0.3 is 0 Å². The summed E-state index contributed by atoms with van der Waals surface area (Å²) in [6, 6.07) is 67.2. The predicted molar refractivity (Wildman–Crippen MR) is 275 cm³/mol. The zero-order valence-corrected chi connectivity index (χ0v) is 37.6. The van der Waals surface area contributed by atoms with Crippen LogP contribution in [0.25, 0.3) is 54.9 Å². The highest BCUT2D eigenvalue weighted by Gasteiger charge is 2.37. The first-order chi connectivity index (χ1) is 30.9. The van der Waals surface area contributed by atoms with E-state index in [9.17, 15) is 0 Å². The maximum absolute atomic E-state index is 4.64. The second-order valence-electron chi connectivity index (χ2n) is 18.9. The quantitative estimate of drug-likeness (QED) is 0.141. The van der Waals surface area contributed by atoms with Gasteiger partial charge in [-0.25, -0.2) is 0 Å². The van der Waals surface area contributed by atoms with Gasteiger partial charge in [-0.15, -0.1) is 0 Å². The fourth-order valence-corrected chi connectivity index (χ4v) is 11.1. The van der Waals surface area contributed by atoms with Gasteiger partial charge in [0.25, 0.3) is 0 Å². The van der Waals surface area contributed by atoms with Gasteiger partial charge in [0.1, 0.15) is 0 Å². The lowest BCUT2D eigenvalue weighted by molar-refractivity contribution is 0.660. The van der Waals surface area contributed by atoms with Gasteiger partial charge < -0.3 is 9.80 Å². The van der Waals surface area contributed by atoms with Crippen LogP contribution in [0.1, 0.15) is 74.9 Å². The van der Waals surface area contributed by atoms with Crippen molar-refractivity contribution in [1.82, 2.24) is 0 Å². The molecule has 0 unspecified atom stereocenters. The molecule has 0 fully saturated rings. The van der Waals surface area contributed by atoms with Crippen LogP contribution in [0.2, 0.25) is 0 Å². The summed E-state index contributed by atoms with van der Waals surface area (Å²) in [5.41, 5.74) is 21.5. The van der Waals surface area contributed by atoms with Crippen molar-refractivity contribution in [2.45, 2.75) is 52.4 Å². The summed E-state index contributed by atoms with van der Waals surface area (Å²) >= 11 is 0. The van der Waals surface area contributed by atoms with Gasteiger partial charge in [-0.2, -0.15) is 0 Å². The Balaban J connectivity index is 1.10. The van der Waals surface area contributed by atoms with Crippen LogP contribution in [-0.4, -0.2) is 0 Å². The molecule has 310 valence electrons. The summed E-state index contributed by atoms with van der Waals surface area (Å²) in [6.45, 7) is 23.0. The first-order valence-corrected chi connectivity index (χ1v) is 22.5. The normalized spacial score (nSPS) is 13.8. The van der Waals surface area contributed by atoms with Crippen molar-refractivity contribution < 1.29 is 0 Å². The van der Waals surface area contributed by atoms with Crippen LogP contribution in [0.4, 0.5) is 34.1 Å². The van der Waals surface area contributed by atoms with Crippen LogP contribution in [0, 0.1) is 0 Å². The second kappa shape index (κ2) is 14.6. The Morgan fingerprint density at radius 3 is 1.05 bits per heavy atom. The van der Waals surface area contributed by atoms with E-state index in [1.54, 1.807) is 0 Å². The summed E-state index contributed by atoms with van der Waals surface area (Å²) < 4.78 is 0. The molecule has 0 aromatic heterocycles. The first kappa shape index (κ1) is 39.4. The zero-order chi connectivity index (χ0) is 44.1. The number of nitrogens with zero attached hydrogens (tertiary/aromatic N) is 2. The van der Waals surface area contributed by atoms with Crippen molar-refractivity contribution in [3.8, 4) is 22.3 Å². The number of hydrogen-bond donors (Lipinski definition) is 0. The fraction of sp³-hybridized carbons (Fsp3) is 0.129. The molecule has 2 nitrogen and oxygen atoms in total. The third-order valence-corrected chi connectivity index (χ3v) is 14.1. The number of para-hydroxylation sites is 2. The van der Waals surface area contributed by atoms with Crippen molar-refractivity contribution in [3.05, 3.63) is 229 Å². The molecule has 0 N–H and O–H groups in total.